The molecule has 1 heterocycles. The van der Waals surface area contributed by atoms with Gasteiger partial charge >= 0.3 is 0 Å². The van der Waals surface area contributed by atoms with E-state index in [0.717, 1.165) is 12.0 Å². The van der Waals surface area contributed by atoms with Crippen molar-refractivity contribution in [2.75, 3.05) is 26.2 Å². The van der Waals surface area contributed by atoms with E-state index >= 15 is 0 Å². The Morgan fingerprint density at radius 3 is 2.19 bits per heavy atom. The molecule has 0 aromatic carbocycles. The Bertz CT molecular complexity index is 292. The minimum absolute atomic E-state index is 0.381. The van der Waals surface area contributed by atoms with Gasteiger partial charge in [-0.3, -0.25) is 0 Å². The lowest BCUT2D eigenvalue weighted by atomic mass is 9.86. The zero-order valence-corrected chi connectivity index (χ0v) is 14.8. The van der Waals surface area contributed by atoms with Crippen molar-refractivity contribution in [1.82, 2.24) is 9.80 Å². The van der Waals surface area contributed by atoms with Crippen LogP contribution in [0.3, 0.4) is 0 Å². The minimum atomic E-state index is 0.381. The van der Waals surface area contributed by atoms with Gasteiger partial charge in [-0.15, -0.1) is 0 Å². The van der Waals surface area contributed by atoms with Crippen molar-refractivity contribution >= 4 is 0 Å². The van der Waals surface area contributed by atoms with Gasteiger partial charge < -0.3 is 14.5 Å². The van der Waals surface area contributed by atoms with Crippen LogP contribution in [0.15, 0.2) is 0 Å². The Hall–Kier alpha value is -0.120. The summed E-state index contributed by atoms with van der Waals surface area (Å²) >= 11 is 0. The monoisotopic (exact) mass is 296 g/mol. The highest BCUT2D eigenvalue weighted by Gasteiger charge is 2.35. The quantitative estimate of drug-likeness (QED) is 0.716. The van der Waals surface area contributed by atoms with Gasteiger partial charge in [-0.25, -0.2) is 0 Å². The number of hydrogen-bond donors (Lipinski definition) is 0. The van der Waals surface area contributed by atoms with Crippen molar-refractivity contribution in [3.8, 4) is 0 Å². The van der Waals surface area contributed by atoms with Crippen LogP contribution in [0.25, 0.3) is 0 Å². The standard InChI is InChI=1S/C18H36N2O/c1-6-19(17-11-18(12-17)21-15(4)5)13-16-7-9-20(10-8-16)14(2)3/h14-18H,6-13H2,1-5H3. The van der Waals surface area contributed by atoms with Crippen LogP contribution in [-0.2, 0) is 4.74 Å². The molecular formula is C18H36N2O. The molecule has 2 rings (SSSR count). The molecule has 1 aliphatic carbocycles. The number of rotatable bonds is 7. The summed E-state index contributed by atoms with van der Waals surface area (Å²) < 4.78 is 5.91. The van der Waals surface area contributed by atoms with Crippen molar-refractivity contribution in [2.24, 2.45) is 5.92 Å². The van der Waals surface area contributed by atoms with Crippen LogP contribution < -0.4 is 0 Å². The van der Waals surface area contributed by atoms with Crippen molar-refractivity contribution < 1.29 is 4.74 Å². The van der Waals surface area contributed by atoms with Gasteiger partial charge in [-0.2, -0.15) is 0 Å². The summed E-state index contributed by atoms with van der Waals surface area (Å²) in [6.07, 6.45) is 6.16. The fourth-order valence-corrected chi connectivity index (χ4v) is 3.85. The van der Waals surface area contributed by atoms with Crippen LogP contribution in [0.4, 0.5) is 0 Å². The molecule has 0 N–H and O–H groups in total. The fraction of sp³-hybridized carbons (Fsp3) is 1.00. The topological polar surface area (TPSA) is 15.7 Å². The van der Waals surface area contributed by atoms with Crippen LogP contribution in [0.5, 0.6) is 0 Å². The van der Waals surface area contributed by atoms with Crippen molar-refractivity contribution in [3.63, 3.8) is 0 Å². The summed E-state index contributed by atoms with van der Waals surface area (Å²) in [6, 6.07) is 1.50. The highest BCUT2D eigenvalue weighted by molar-refractivity contribution is 4.89. The molecule has 3 nitrogen and oxygen atoms in total. The van der Waals surface area contributed by atoms with E-state index in [1.165, 1.54) is 51.9 Å². The first-order chi connectivity index (χ1) is 9.99. The van der Waals surface area contributed by atoms with Crippen molar-refractivity contribution in [3.05, 3.63) is 0 Å². The van der Waals surface area contributed by atoms with Crippen LogP contribution in [0, 0.1) is 5.92 Å². The second-order valence-corrected chi connectivity index (χ2v) is 7.59. The number of hydrogen-bond acceptors (Lipinski definition) is 3. The largest absolute Gasteiger partial charge is 0.375 e. The first-order valence-electron chi connectivity index (χ1n) is 9.13. The van der Waals surface area contributed by atoms with Crippen LogP contribution >= 0.6 is 0 Å². The van der Waals surface area contributed by atoms with Gasteiger partial charge in [0.05, 0.1) is 12.2 Å². The molecule has 0 spiro atoms. The Labute approximate surface area is 132 Å². The molecule has 1 saturated carbocycles. The molecule has 21 heavy (non-hydrogen) atoms. The molecule has 0 amide bonds. The van der Waals surface area contributed by atoms with Gasteiger partial charge in [0, 0.05) is 18.6 Å². The van der Waals surface area contributed by atoms with Gasteiger partial charge in [0.25, 0.3) is 0 Å². The van der Waals surface area contributed by atoms with Gasteiger partial charge in [0.15, 0.2) is 0 Å². The summed E-state index contributed by atoms with van der Waals surface area (Å²) in [5.41, 5.74) is 0. The van der Waals surface area contributed by atoms with Crippen molar-refractivity contribution in [1.29, 1.82) is 0 Å². The Balaban J connectivity index is 1.69. The summed E-state index contributed by atoms with van der Waals surface area (Å²) in [5.74, 6) is 0.907. The van der Waals surface area contributed by atoms with E-state index in [1.807, 2.05) is 0 Å². The molecule has 3 heteroatoms. The maximum atomic E-state index is 5.91. The first-order valence-corrected chi connectivity index (χ1v) is 9.13. The second-order valence-electron chi connectivity index (χ2n) is 7.59. The summed E-state index contributed by atoms with van der Waals surface area (Å²) in [7, 11) is 0. The van der Waals surface area contributed by atoms with Crippen molar-refractivity contribution in [2.45, 2.75) is 84.6 Å². The second kappa shape index (κ2) is 7.94. The van der Waals surface area contributed by atoms with E-state index in [-0.39, 0.29) is 0 Å². The SMILES string of the molecule is CCN(CC1CCN(C(C)C)CC1)C1CC(OC(C)C)C1. The number of likely N-dealkylation sites (tertiary alicyclic amines) is 1. The minimum Gasteiger partial charge on any atom is -0.375 e. The van der Waals surface area contributed by atoms with E-state index < -0.39 is 0 Å². The van der Waals surface area contributed by atoms with E-state index in [2.05, 4.69) is 44.4 Å². The van der Waals surface area contributed by atoms with E-state index in [1.54, 1.807) is 0 Å². The maximum Gasteiger partial charge on any atom is 0.0608 e. The van der Waals surface area contributed by atoms with Crippen LogP contribution in [0.2, 0.25) is 0 Å². The molecule has 0 radical (unpaired) electrons. The molecule has 0 aromatic rings. The van der Waals surface area contributed by atoms with E-state index in [9.17, 15) is 0 Å². The summed E-state index contributed by atoms with van der Waals surface area (Å²) in [5, 5.41) is 0. The zero-order chi connectivity index (χ0) is 15.4. The highest BCUT2D eigenvalue weighted by Crippen LogP contribution is 2.31. The molecule has 124 valence electrons. The van der Waals surface area contributed by atoms with Gasteiger partial charge in [0.2, 0.25) is 0 Å². The number of nitrogens with zero attached hydrogens (tertiary/aromatic N) is 2. The van der Waals surface area contributed by atoms with Gasteiger partial charge in [-0.05, 0) is 78.9 Å². The lowest BCUT2D eigenvalue weighted by Gasteiger charge is -2.45. The average molecular weight is 296 g/mol. The molecule has 0 aromatic heterocycles. The predicted octanol–water partition coefficient (Wildman–Crippen LogP) is 3.38. The molecule has 2 aliphatic rings. The van der Waals surface area contributed by atoms with Crippen LogP contribution in [-0.4, -0.2) is 60.3 Å². The smallest absolute Gasteiger partial charge is 0.0608 e. The number of ether oxygens (including phenoxy) is 1. The summed E-state index contributed by atoms with van der Waals surface area (Å²) in [4.78, 5) is 5.35. The molecule has 2 fully saturated rings. The third-order valence-corrected chi connectivity index (χ3v) is 5.33. The predicted molar refractivity (Wildman–Crippen MR) is 89.7 cm³/mol. The average Bonchev–Trinajstić information content (AvgIpc) is 2.40. The third kappa shape index (κ3) is 4.94. The molecule has 0 unspecified atom stereocenters. The Morgan fingerprint density at radius 2 is 1.71 bits per heavy atom. The Kier molecular flexibility index (Phi) is 6.51. The third-order valence-electron chi connectivity index (χ3n) is 5.33. The fourth-order valence-electron chi connectivity index (χ4n) is 3.85. The molecule has 1 aliphatic heterocycles. The molecule has 0 atom stereocenters. The zero-order valence-electron chi connectivity index (χ0n) is 14.8. The normalized spacial score (nSPS) is 28.6. The molecule has 1 saturated heterocycles. The van der Waals surface area contributed by atoms with E-state index in [0.29, 0.717) is 18.2 Å². The highest BCUT2D eigenvalue weighted by atomic mass is 16.5. The number of piperidine rings is 1. The Morgan fingerprint density at radius 1 is 1.10 bits per heavy atom. The van der Waals surface area contributed by atoms with E-state index in [4.69, 9.17) is 4.74 Å². The van der Waals surface area contributed by atoms with Gasteiger partial charge in [-0.1, -0.05) is 6.92 Å². The van der Waals surface area contributed by atoms with Gasteiger partial charge in [0.1, 0.15) is 0 Å². The lowest BCUT2D eigenvalue weighted by molar-refractivity contribution is -0.0791. The summed E-state index contributed by atoms with van der Waals surface area (Å²) in [6.45, 7) is 16.3. The van der Waals surface area contributed by atoms with Crippen LogP contribution in [0.1, 0.15) is 60.3 Å². The first kappa shape index (κ1) is 17.2. The maximum absolute atomic E-state index is 5.91. The molecular weight excluding hydrogens is 260 g/mol. The lowest BCUT2D eigenvalue weighted by Crippen LogP contribution is -2.51. The molecule has 0 bridgehead atoms.